The van der Waals surface area contributed by atoms with E-state index in [0.717, 1.165) is 11.0 Å². The van der Waals surface area contributed by atoms with Crippen LogP contribution in [0.25, 0.3) is 11.0 Å². The zero-order valence-corrected chi connectivity index (χ0v) is 10.5. The van der Waals surface area contributed by atoms with Crippen molar-refractivity contribution in [3.63, 3.8) is 0 Å². The van der Waals surface area contributed by atoms with Crippen LogP contribution < -0.4 is 0 Å². The molecule has 1 atom stereocenters. The van der Waals surface area contributed by atoms with Gasteiger partial charge in [0.15, 0.2) is 4.77 Å². The van der Waals surface area contributed by atoms with Gasteiger partial charge in [0.05, 0.1) is 23.8 Å². The van der Waals surface area contributed by atoms with Crippen LogP contribution in [-0.4, -0.2) is 27.1 Å². The van der Waals surface area contributed by atoms with Gasteiger partial charge in [-0.05, 0) is 32.1 Å². The summed E-state index contributed by atoms with van der Waals surface area (Å²) in [5.74, 6) is -0.290. The molecular formula is C11H13N3O2S. The molecule has 6 heteroatoms. The molecule has 0 aliphatic rings. The molecule has 2 aromatic heterocycles. The maximum absolute atomic E-state index is 11.7. The Morgan fingerprint density at radius 1 is 1.71 bits per heavy atom. The van der Waals surface area contributed by atoms with E-state index in [1.54, 1.807) is 30.8 Å². The summed E-state index contributed by atoms with van der Waals surface area (Å²) in [5, 5.41) is 0. The molecule has 1 unspecified atom stereocenters. The summed E-state index contributed by atoms with van der Waals surface area (Å²) in [6.45, 7) is 3.91. The molecule has 2 rings (SSSR count). The first kappa shape index (κ1) is 11.8. The van der Waals surface area contributed by atoms with Crippen molar-refractivity contribution >= 4 is 29.2 Å². The van der Waals surface area contributed by atoms with Gasteiger partial charge >= 0.3 is 5.97 Å². The Kier molecular flexibility index (Phi) is 3.23. The topological polar surface area (TPSA) is 59.9 Å². The molecule has 0 aliphatic heterocycles. The Morgan fingerprint density at radius 2 is 2.47 bits per heavy atom. The molecule has 0 bridgehead atoms. The van der Waals surface area contributed by atoms with Gasteiger partial charge in [-0.15, -0.1) is 0 Å². The second-order valence-electron chi connectivity index (χ2n) is 3.62. The average molecular weight is 251 g/mol. The van der Waals surface area contributed by atoms with E-state index >= 15 is 0 Å². The van der Waals surface area contributed by atoms with Gasteiger partial charge in [0.1, 0.15) is 6.04 Å². The lowest BCUT2D eigenvalue weighted by molar-refractivity contribution is -0.146. The molecule has 2 aromatic rings. The van der Waals surface area contributed by atoms with Crippen LogP contribution in [-0.2, 0) is 9.53 Å². The second kappa shape index (κ2) is 4.67. The lowest BCUT2D eigenvalue weighted by atomic mass is 10.3. The Morgan fingerprint density at radius 3 is 3.18 bits per heavy atom. The van der Waals surface area contributed by atoms with Crippen LogP contribution in [0.2, 0.25) is 0 Å². The second-order valence-corrected chi connectivity index (χ2v) is 4.01. The van der Waals surface area contributed by atoms with E-state index in [1.165, 1.54) is 0 Å². The molecule has 0 amide bonds. The number of hydrogen-bond acceptors (Lipinski definition) is 4. The van der Waals surface area contributed by atoms with Crippen molar-refractivity contribution in [1.29, 1.82) is 0 Å². The highest BCUT2D eigenvalue weighted by atomic mass is 32.1. The van der Waals surface area contributed by atoms with Crippen LogP contribution >= 0.6 is 12.2 Å². The summed E-state index contributed by atoms with van der Waals surface area (Å²) in [4.78, 5) is 18.7. The van der Waals surface area contributed by atoms with E-state index in [1.807, 2.05) is 6.07 Å². The molecule has 0 aromatic carbocycles. The normalized spacial score (nSPS) is 12.6. The van der Waals surface area contributed by atoms with E-state index in [2.05, 4.69) is 9.97 Å². The molecule has 0 saturated carbocycles. The van der Waals surface area contributed by atoms with Gasteiger partial charge in [0, 0.05) is 6.20 Å². The van der Waals surface area contributed by atoms with Crippen LogP contribution in [0.15, 0.2) is 18.5 Å². The van der Waals surface area contributed by atoms with Gasteiger partial charge in [0.2, 0.25) is 0 Å². The predicted molar refractivity (Wildman–Crippen MR) is 66.3 cm³/mol. The number of H-pyrrole nitrogens is 1. The van der Waals surface area contributed by atoms with Crippen molar-refractivity contribution < 1.29 is 9.53 Å². The van der Waals surface area contributed by atoms with E-state index in [4.69, 9.17) is 17.0 Å². The number of nitrogens with one attached hydrogen (secondary N) is 1. The molecule has 0 saturated heterocycles. The number of carbonyl (C=O) groups excluding carboxylic acids is 1. The van der Waals surface area contributed by atoms with E-state index in [9.17, 15) is 4.79 Å². The number of ether oxygens (including phenoxy) is 1. The summed E-state index contributed by atoms with van der Waals surface area (Å²) >= 11 is 5.20. The van der Waals surface area contributed by atoms with Gasteiger partial charge in [-0.1, -0.05) is 0 Å². The van der Waals surface area contributed by atoms with E-state index in [0.29, 0.717) is 11.4 Å². The third-order valence-corrected chi connectivity index (χ3v) is 2.83. The lowest BCUT2D eigenvalue weighted by Gasteiger charge is -2.12. The molecule has 90 valence electrons. The summed E-state index contributed by atoms with van der Waals surface area (Å²) in [6, 6.07) is 1.37. The van der Waals surface area contributed by atoms with Crippen LogP contribution in [0, 0.1) is 4.77 Å². The Bertz CT molecular complexity index is 602. The average Bonchev–Trinajstić information content (AvgIpc) is 2.64. The van der Waals surface area contributed by atoms with Gasteiger partial charge < -0.3 is 14.3 Å². The summed E-state index contributed by atoms with van der Waals surface area (Å²) < 4.78 is 7.23. The molecule has 0 spiro atoms. The van der Waals surface area contributed by atoms with Crippen molar-refractivity contribution in [3.05, 3.63) is 23.2 Å². The van der Waals surface area contributed by atoms with Crippen molar-refractivity contribution in [1.82, 2.24) is 14.5 Å². The Hall–Kier alpha value is -1.69. The van der Waals surface area contributed by atoms with Crippen molar-refractivity contribution in [2.24, 2.45) is 0 Å². The lowest BCUT2D eigenvalue weighted by Crippen LogP contribution is -2.19. The first-order valence-electron chi connectivity index (χ1n) is 5.36. The highest BCUT2D eigenvalue weighted by Crippen LogP contribution is 2.18. The molecule has 0 aliphatic carbocycles. The van der Waals surface area contributed by atoms with Gasteiger partial charge in [-0.2, -0.15) is 0 Å². The van der Waals surface area contributed by atoms with Crippen LogP contribution in [0.5, 0.6) is 0 Å². The minimum atomic E-state index is -0.446. The number of hydrogen-bond donors (Lipinski definition) is 1. The van der Waals surface area contributed by atoms with Crippen LogP contribution in [0.1, 0.15) is 19.9 Å². The molecule has 1 N–H and O–H groups in total. The first-order valence-corrected chi connectivity index (χ1v) is 5.76. The molecule has 0 fully saturated rings. The zero-order valence-electron chi connectivity index (χ0n) is 9.64. The van der Waals surface area contributed by atoms with Crippen LogP contribution in [0.4, 0.5) is 0 Å². The standard InChI is InChI=1S/C11H13N3O2S/c1-3-16-10(15)7(2)14-9-4-5-12-6-8(9)13-11(14)17/h4-7H,3H2,1-2H3,(H,13,17). The number of aromatic nitrogens is 3. The summed E-state index contributed by atoms with van der Waals surface area (Å²) in [5.41, 5.74) is 1.67. The molecule has 5 nitrogen and oxygen atoms in total. The quantitative estimate of drug-likeness (QED) is 0.671. The molecule has 17 heavy (non-hydrogen) atoms. The number of aromatic amines is 1. The zero-order chi connectivity index (χ0) is 12.4. The fraction of sp³-hybridized carbons (Fsp3) is 0.364. The van der Waals surface area contributed by atoms with Crippen LogP contribution in [0.3, 0.4) is 0 Å². The monoisotopic (exact) mass is 251 g/mol. The number of pyridine rings is 1. The number of imidazole rings is 1. The molecule has 0 radical (unpaired) electrons. The summed E-state index contributed by atoms with van der Waals surface area (Å²) in [6.07, 6.45) is 3.35. The maximum atomic E-state index is 11.7. The smallest absolute Gasteiger partial charge is 0.328 e. The third kappa shape index (κ3) is 2.08. The molecule has 2 heterocycles. The van der Waals surface area contributed by atoms with Crippen molar-refractivity contribution in [3.8, 4) is 0 Å². The number of rotatable bonds is 3. The van der Waals surface area contributed by atoms with Crippen molar-refractivity contribution in [2.45, 2.75) is 19.9 Å². The minimum Gasteiger partial charge on any atom is -0.464 e. The fourth-order valence-electron chi connectivity index (χ4n) is 1.73. The number of fused-ring (bicyclic) bond motifs is 1. The van der Waals surface area contributed by atoms with Crippen molar-refractivity contribution in [2.75, 3.05) is 6.61 Å². The molecular weight excluding hydrogens is 238 g/mol. The van der Waals surface area contributed by atoms with E-state index in [-0.39, 0.29) is 5.97 Å². The van der Waals surface area contributed by atoms with Gasteiger partial charge in [0.25, 0.3) is 0 Å². The highest BCUT2D eigenvalue weighted by Gasteiger charge is 2.19. The Balaban J connectivity index is 2.51. The highest BCUT2D eigenvalue weighted by molar-refractivity contribution is 7.71. The minimum absolute atomic E-state index is 0.290. The van der Waals surface area contributed by atoms with Gasteiger partial charge in [-0.25, -0.2) is 4.79 Å². The fourth-order valence-corrected chi connectivity index (χ4v) is 2.10. The Labute approximate surface area is 103 Å². The van der Waals surface area contributed by atoms with E-state index < -0.39 is 6.04 Å². The predicted octanol–water partition coefficient (Wildman–Crippen LogP) is 2.22. The maximum Gasteiger partial charge on any atom is 0.328 e. The first-order chi connectivity index (χ1) is 8.15. The number of esters is 1. The number of carbonyl (C=O) groups is 1. The number of nitrogens with zero attached hydrogens (tertiary/aromatic N) is 2. The van der Waals surface area contributed by atoms with Gasteiger partial charge in [-0.3, -0.25) is 4.98 Å². The SMILES string of the molecule is CCOC(=O)C(C)n1c(=S)[nH]c2cnccc21. The summed E-state index contributed by atoms with van der Waals surface area (Å²) in [7, 11) is 0. The largest absolute Gasteiger partial charge is 0.464 e. The third-order valence-electron chi connectivity index (χ3n) is 2.53.